The first kappa shape index (κ1) is 52.3. The number of aromatic hydroxyl groups is 1. The molecule has 378 valence electrons. The molecule has 10 rings (SSSR count). The summed E-state index contributed by atoms with van der Waals surface area (Å²) in [4.78, 5) is 67.6. The van der Waals surface area contributed by atoms with E-state index in [0.29, 0.717) is 70.2 Å². The molecule has 2 fully saturated rings. The van der Waals surface area contributed by atoms with Gasteiger partial charge in [0.15, 0.2) is 52.0 Å². The second-order valence-electron chi connectivity index (χ2n) is 17.9. The van der Waals surface area contributed by atoms with Crippen molar-refractivity contribution < 1.29 is 60.1 Å². The third-order valence-electron chi connectivity index (χ3n) is 12.7. The van der Waals surface area contributed by atoms with Crippen LogP contribution in [0.1, 0.15) is 53.5 Å². The molecule has 0 spiro atoms. The number of nitrogens with zero attached hydrogens (tertiary/aromatic N) is 4. The van der Waals surface area contributed by atoms with Gasteiger partial charge < -0.3 is 14.6 Å². The number of Topliss-reactive ketones (excluding diaryl/α,β-unsaturated/α-hetero) is 4. The van der Waals surface area contributed by atoms with Crippen molar-refractivity contribution in [3.8, 4) is 23.0 Å². The van der Waals surface area contributed by atoms with Gasteiger partial charge in [0.25, 0.3) is 0 Å². The Kier molecular flexibility index (Phi) is 15.5. The number of halogens is 7. The van der Waals surface area contributed by atoms with Crippen LogP contribution in [-0.2, 0) is 44.9 Å². The van der Waals surface area contributed by atoms with Crippen molar-refractivity contribution in [1.29, 1.82) is 0 Å². The average Bonchev–Trinajstić information content (AvgIpc) is 4.33. The smallest absolute Gasteiger partial charge is 0.166 e. The number of hydrogen-bond acceptors (Lipinski definition) is 11. The first-order valence-corrected chi connectivity index (χ1v) is 23.4. The summed E-state index contributed by atoms with van der Waals surface area (Å²) in [6, 6.07) is 20.9. The number of aromatic nitrogens is 4. The van der Waals surface area contributed by atoms with Crippen molar-refractivity contribution in [3.05, 3.63) is 190 Å². The Morgan fingerprint density at radius 3 is 1.58 bits per heavy atom. The molecule has 1 N–H and O–H groups in total. The molecule has 74 heavy (non-hydrogen) atoms. The third kappa shape index (κ3) is 11.9. The molecule has 0 amide bonds. The molecular formula is C56H43ClF6N4O7. The zero-order valence-electron chi connectivity index (χ0n) is 39.5. The van der Waals surface area contributed by atoms with E-state index >= 15 is 0 Å². The number of phenolic OH excluding ortho intramolecular Hbond substituents is 1. The van der Waals surface area contributed by atoms with Crippen LogP contribution in [0.3, 0.4) is 0 Å². The van der Waals surface area contributed by atoms with Crippen molar-refractivity contribution in [1.82, 2.24) is 19.9 Å². The second kappa shape index (κ2) is 22.0. The number of ether oxygens (including phenoxy) is 2. The van der Waals surface area contributed by atoms with Crippen molar-refractivity contribution in [2.45, 2.75) is 58.3 Å². The maximum absolute atomic E-state index is 14.9. The molecule has 0 aliphatic heterocycles. The normalized spacial score (nSPS) is 13.7. The van der Waals surface area contributed by atoms with Crippen LogP contribution in [0.2, 0.25) is 5.02 Å². The molecule has 8 aromatic rings. The van der Waals surface area contributed by atoms with E-state index in [9.17, 15) is 45.5 Å². The largest absolute Gasteiger partial charge is 0.505 e. The van der Waals surface area contributed by atoms with Crippen LogP contribution >= 0.6 is 11.6 Å². The fourth-order valence-corrected chi connectivity index (χ4v) is 8.37. The summed E-state index contributed by atoms with van der Waals surface area (Å²) in [5.74, 6) is -6.24. The number of hydrogen-bond donors (Lipinski definition) is 1. The number of phenols is 1. The summed E-state index contributed by atoms with van der Waals surface area (Å²) >= 11 is 5.91. The lowest BCUT2D eigenvalue weighted by atomic mass is 9.87. The summed E-state index contributed by atoms with van der Waals surface area (Å²) < 4.78 is 93.6. The molecule has 4 aromatic heterocycles. The zero-order chi connectivity index (χ0) is 52.9. The summed E-state index contributed by atoms with van der Waals surface area (Å²) in [6.45, 7) is 1.86. The third-order valence-corrected chi connectivity index (χ3v) is 13.1. The lowest BCUT2D eigenvalue weighted by Crippen LogP contribution is -2.29. The van der Waals surface area contributed by atoms with Crippen molar-refractivity contribution in [2.75, 3.05) is 7.11 Å². The lowest BCUT2D eigenvalue weighted by molar-refractivity contribution is -0.135. The molecule has 0 unspecified atom stereocenters. The lowest BCUT2D eigenvalue weighted by Gasteiger charge is -2.15. The monoisotopic (exact) mass is 1030 g/mol. The summed E-state index contributed by atoms with van der Waals surface area (Å²) in [5.41, 5.74) is 1.74. The molecule has 11 nitrogen and oxygen atoms in total. The quantitative estimate of drug-likeness (QED) is 0.0769. The number of benzene rings is 4. The summed E-state index contributed by atoms with van der Waals surface area (Å²) in [5, 5.41) is 9.73. The molecule has 0 saturated heterocycles. The van der Waals surface area contributed by atoms with Crippen molar-refractivity contribution in [3.63, 3.8) is 0 Å². The molecule has 0 bridgehead atoms. The Labute approximate surface area is 424 Å². The van der Waals surface area contributed by atoms with Crippen LogP contribution in [0.15, 0.2) is 122 Å². The van der Waals surface area contributed by atoms with E-state index in [1.807, 2.05) is 6.92 Å². The van der Waals surface area contributed by atoms with Crippen molar-refractivity contribution in [2.24, 2.45) is 10.8 Å². The van der Waals surface area contributed by atoms with Gasteiger partial charge in [0.05, 0.1) is 40.2 Å². The van der Waals surface area contributed by atoms with Crippen LogP contribution < -0.4 is 9.47 Å². The number of rotatable bonds is 15. The fraction of sp³-hybridized carbons (Fsp3) is 0.214. The molecule has 4 aromatic carbocycles. The molecule has 18 heteroatoms. The Balaban J connectivity index is 0.000000165. The molecular weight excluding hydrogens is 990 g/mol. The Hall–Kier alpha value is -8.05. The van der Waals surface area contributed by atoms with Gasteiger partial charge in [-0.2, -0.15) is 0 Å². The van der Waals surface area contributed by atoms with E-state index in [1.54, 1.807) is 43.9 Å². The predicted octanol–water partition coefficient (Wildman–Crippen LogP) is 11.7. The topological polar surface area (TPSA) is 159 Å². The minimum absolute atomic E-state index is 0.0154. The SMILES string of the molecule is COc1cnc2c(Cl)ccnc2c1.Cc1cnc2c(Oc3cc(F)c(CC(=O)C4(C(=O)Cc5ccc(F)cc5)CC4)cc3F)ccnc2c1.O=C(Cc1ccc(F)cc1)C1(C(=O)Cc2cc(F)c(O)cc2F)CC1. The van der Waals surface area contributed by atoms with Crippen LogP contribution in [0, 0.1) is 52.7 Å². The van der Waals surface area contributed by atoms with Gasteiger partial charge in [-0.15, -0.1) is 0 Å². The van der Waals surface area contributed by atoms with E-state index in [2.05, 4.69) is 19.9 Å². The predicted molar refractivity (Wildman–Crippen MR) is 261 cm³/mol. The molecule has 4 heterocycles. The molecule has 2 aliphatic carbocycles. The Bertz CT molecular complexity index is 3460. The minimum Gasteiger partial charge on any atom is -0.505 e. The van der Waals surface area contributed by atoms with Gasteiger partial charge >= 0.3 is 0 Å². The van der Waals surface area contributed by atoms with E-state index in [-0.39, 0.29) is 47.0 Å². The van der Waals surface area contributed by atoms with E-state index < -0.39 is 75.9 Å². The highest BCUT2D eigenvalue weighted by Gasteiger charge is 2.55. The van der Waals surface area contributed by atoms with E-state index in [0.717, 1.165) is 29.3 Å². The average molecular weight is 1030 g/mol. The minimum atomic E-state index is -1.20. The van der Waals surface area contributed by atoms with Gasteiger partial charge in [0.2, 0.25) is 0 Å². The molecule has 2 saturated carbocycles. The first-order valence-electron chi connectivity index (χ1n) is 23.0. The highest BCUT2D eigenvalue weighted by atomic mass is 35.5. The second-order valence-corrected chi connectivity index (χ2v) is 18.3. The van der Waals surface area contributed by atoms with Gasteiger partial charge in [-0.05, 0) is 109 Å². The summed E-state index contributed by atoms with van der Waals surface area (Å²) in [7, 11) is 1.59. The van der Waals surface area contributed by atoms with Crippen LogP contribution in [0.25, 0.3) is 22.1 Å². The maximum atomic E-state index is 14.9. The number of fused-ring (bicyclic) bond motifs is 2. The molecule has 2 aliphatic rings. The van der Waals surface area contributed by atoms with Crippen LogP contribution in [0.5, 0.6) is 23.0 Å². The van der Waals surface area contributed by atoms with Gasteiger partial charge in [-0.1, -0.05) is 35.9 Å². The van der Waals surface area contributed by atoms with E-state index in [1.165, 1.54) is 60.8 Å². The standard InChI is InChI=1S/C28H21F3N2O3.C19H15F3O3.C9H7ClN2O/c1-16-10-22-27(33-15-16)23(6-9-32-22)36-24-14-20(30)18(12-21(24)31)13-26(35)28(7-8-28)25(34)11-17-2-4-19(29)5-3-17;20-13-3-1-11(2-4-13)7-17(24)19(5-6-19)18(25)9-12-8-15(22)16(23)10-14(12)21;1-13-6-4-8-9(12-5-6)7(10)2-3-11-8/h2-6,9-10,12,14-15H,7-8,11,13H2,1H3;1-4,8,10,23H,5-7,9H2;2-5H,1H3. The van der Waals surface area contributed by atoms with E-state index in [4.69, 9.17) is 26.2 Å². The fourth-order valence-electron chi connectivity index (χ4n) is 8.17. The van der Waals surface area contributed by atoms with Gasteiger partial charge in [-0.3, -0.25) is 34.1 Å². The summed E-state index contributed by atoms with van der Waals surface area (Å²) in [6.07, 6.45) is 6.95. The number of aryl methyl sites for hydroxylation is 1. The first-order chi connectivity index (χ1) is 35.4. The Morgan fingerprint density at radius 1 is 0.554 bits per heavy atom. The van der Waals surface area contributed by atoms with Crippen LogP contribution in [0.4, 0.5) is 26.3 Å². The molecule has 0 radical (unpaired) electrons. The number of methoxy groups -OCH3 is 1. The van der Waals surface area contributed by atoms with Gasteiger partial charge in [0.1, 0.15) is 40.1 Å². The Morgan fingerprint density at radius 2 is 1.04 bits per heavy atom. The highest BCUT2D eigenvalue weighted by molar-refractivity contribution is 6.34. The zero-order valence-corrected chi connectivity index (χ0v) is 40.3. The van der Waals surface area contributed by atoms with Gasteiger partial charge in [0, 0.05) is 68.5 Å². The number of carbonyl (C=O) groups excluding carboxylic acids is 4. The number of ketones is 4. The molecule has 0 atom stereocenters. The van der Waals surface area contributed by atoms with Crippen LogP contribution in [-0.4, -0.2) is 55.3 Å². The highest BCUT2D eigenvalue weighted by Crippen LogP contribution is 2.50. The number of carbonyl (C=O) groups is 4. The maximum Gasteiger partial charge on any atom is 0.166 e. The number of pyridine rings is 4. The van der Waals surface area contributed by atoms with Gasteiger partial charge in [-0.25, -0.2) is 31.3 Å². The van der Waals surface area contributed by atoms with Crippen molar-refractivity contribution >= 4 is 56.8 Å².